The van der Waals surface area contributed by atoms with E-state index in [1.165, 1.54) is 7.05 Å². The molecule has 11 nitrogen and oxygen atoms in total. The molecule has 4 heterocycles. The van der Waals surface area contributed by atoms with Crippen LogP contribution in [-0.2, 0) is 31.0 Å². The lowest BCUT2D eigenvalue weighted by molar-refractivity contribution is -0.141. The number of alkyl halides is 5. The molecule has 2 aliphatic rings. The Labute approximate surface area is 261 Å². The molecule has 2 aromatic heterocycles. The minimum Gasteiger partial charge on any atom is -0.339 e. The van der Waals surface area contributed by atoms with Crippen LogP contribution in [0.25, 0.3) is 11.3 Å². The molecule has 0 unspecified atom stereocenters. The fourth-order valence-corrected chi connectivity index (χ4v) is 5.91. The summed E-state index contributed by atoms with van der Waals surface area (Å²) < 4.78 is 68.2. The van der Waals surface area contributed by atoms with Gasteiger partial charge in [0.2, 0.25) is 5.91 Å². The van der Waals surface area contributed by atoms with E-state index >= 15 is 0 Å². The quantitative estimate of drug-likeness (QED) is 0.360. The predicted octanol–water partition coefficient (Wildman–Crippen LogP) is 3.67. The van der Waals surface area contributed by atoms with Gasteiger partial charge in [-0.3, -0.25) is 19.1 Å². The lowest BCUT2D eigenvalue weighted by Crippen LogP contribution is -2.52. The SMILES string of the molecule is CCc1cc(NC(=O)c2ncc(-c3cn(CC(F)F)nc3C(F)(F)F)n2C)ccc1C(=O)N1CCN(C(=O)C2CCNCC2)CC1. The molecule has 0 radical (unpaired) electrons. The maximum atomic E-state index is 13.7. The Balaban J connectivity index is 1.27. The predicted molar refractivity (Wildman–Crippen MR) is 157 cm³/mol. The molecule has 0 saturated carbocycles. The number of hydrogen-bond acceptors (Lipinski definition) is 6. The number of aromatic nitrogens is 4. The number of benzene rings is 1. The molecule has 0 spiro atoms. The topological polar surface area (TPSA) is 117 Å². The van der Waals surface area contributed by atoms with Crippen molar-refractivity contribution < 1.29 is 36.3 Å². The molecule has 2 N–H and O–H groups in total. The summed E-state index contributed by atoms with van der Waals surface area (Å²) in [6.45, 7) is 4.25. The number of nitrogens with zero attached hydrogens (tertiary/aromatic N) is 6. The molecular formula is C30H35F5N8O3. The van der Waals surface area contributed by atoms with E-state index in [1.54, 1.807) is 23.1 Å². The molecular weight excluding hydrogens is 615 g/mol. The zero-order valence-corrected chi connectivity index (χ0v) is 25.4. The van der Waals surface area contributed by atoms with Gasteiger partial charge in [0, 0.05) is 56.6 Å². The fraction of sp³-hybridized carbons (Fsp3) is 0.500. The van der Waals surface area contributed by atoms with E-state index in [0.717, 1.165) is 42.9 Å². The summed E-state index contributed by atoms with van der Waals surface area (Å²) in [5.74, 6) is -0.960. The fourth-order valence-electron chi connectivity index (χ4n) is 5.91. The van der Waals surface area contributed by atoms with Crippen molar-refractivity contribution in [3.63, 3.8) is 0 Å². The van der Waals surface area contributed by atoms with E-state index in [2.05, 4.69) is 20.7 Å². The minimum absolute atomic E-state index is 0.0182. The van der Waals surface area contributed by atoms with E-state index in [1.807, 2.05) is 11.8 Å². The van der Waals surface area contributed by atoms with Gasteiger partial charge in [-0.2, -0.15) is 18.3 Å². The van der Waals surface area contributed by atoms with E-state index in [-0.39, 0.29) is 29.3 Å². The third-order valence-corrected chi connectivity index (χ3v) is 8.36. The first-order valence-corrected chi connectivity index (χ1v) is 15.0. The van der Waals surface area contributed by atoms with Crippen LogP contribution in [0.3, 0.4) is 0 Å². The van der Waals surface area contributed by atoms with Crippen molar-refractivity contribution in [2.45, 2.75) is 45.3 Å². The van der Waals surface area contributed by atoms with Gasteiger partial charge in [-0.25, -0.2) is 13.8 Å². The van der Waals surface area contributed by atoms with Crippen molar-refractivity contribution >= 4 is 23.4 Å². The van der Waals surface area contributed by atoms with Crippen molar-refractivity contribution in [2.75, 3.05) is 44.6 Å². The molecule has 0 atom stereocenters. The Hall–Kier alpha value is -4.34. The van der Waals surface area contributed by atoms with Crippen LogP contribution in [0.5, 0.6) is 0 Å². The normalized spacial score (nSPS) is 16.3. The number of halogens is 5. The first-order chi connectivity index (χ1) is 21.9. The summed E-state index contributed by atoms with van der Waals surface area (Å²) in [4.78, 5) is 47.0. The smallest absolute Gasteiger partial charge is 0.339 e. The number of amides is 3. The number of piperidine rings is 1. The van der Waals surface area contributed by atoms with Crippen LogP contribution < -0.4 is 10.6 Å². The van der Waals surface area contributed by atoms with E-state index < -0.39 is 36.3 Å². The van der Waals surface area contributed by atoms with Crippen LogP contribution >= 0.6 is 0 Å². The Bertz CT molecular complexity index is 1590. The highest BCUT2D eigenvalue weighted by atomic mass is 19.4. The van der Waals surface area contributed by atoms with Crippen molar-refractivity contribution in [3.8, 4) is 11.3 Å². The number of rotatable bonds is 8. The number of piperazine rings is 1. The van der Waals surface area contributed by atoms with Crippen LogP contribution in [-0.4, -0.2) is 92.5 Å². The van der Waals surface area contributed by atoms with Gasteiger partial charge < -0.3 is 25.0 Å². The van der Waals surface area contributed by atoms with Gasteiger partial charge in [-0.1, -0.05) is 6.92 Å². The van der Waals surface area contributed by atoms with Gasteiger partial charge in [0.15, 0.2) is 11.5 Å². The second-order valence-electron chi connectivity index (χ2n) is 11.3. The minimum atomic E-state index is -4.93. The van der Waals surface area contributed by atoms with Gasteiger partial charge in [-0.15, -0.1) is 0 Å². The Morgan fingerprint density at radius 1 is 1.07 bits per heavy atom. The maximum Gasteiger partial charge on any atom is 0.435 e. The first kappa shape index (κ1) is 33.0. The number of hydrogen-bond donors (Lipinski definition) is 2. The second-order valence-corrected chi connectivity index (χ2v) is 11.3. The number of nitrogens with one attached hydrogen (secondary N) is 2. The average molecular weight is 651 g/mol. The second kappa shape index (κ2) is 13.6. The number of carbonyl (C=O) groups is 3. The summed E-state index contributed by atoms with van der Waals surface area (Å²) in [5, 5.41) is 9.22. The average Bonchev–Trinajstić information content (AvgIpc) is 3.63. The van der Waals surface area contributed by atoms with Crippen LogP contribution in [0.4, 0.5) is 27.6 Å². The van der Waals surface area contributed by atoms with Crippen molar-refractivity contribution in [1.82, 2.24) is 34.4 Å². The van der Waals surface area contributed by atoms with Gasteiger partial charge in [-0.05, 0) is 56.1 Å². The van der Waals surface area contributed by atoms with E-state index in [0.29, 0.717) is 54.1 Å². The number of aryl methyl sites for hydroxylation is 1. The summed E-state index contributed by atoms with van der Waals surface area (Å²) in [6, 6.07) is 4.82. The Kier molecular flexibility index (Phi) is 9.74. The van der Waals surface area contributed by atoms with Crippen molar-refractivity contribution in [3.05, 3.63) is 53.2 Å². The van der Waals surface area contributed by atoms with E-state index in [4.69, 9.17) is 0 Å². The molecule has 0 aliphatic carbocycles. The number of anilines is 1. The molecule has 46 heavy (non-hydrogen) atoms. The monoisotopic (exact) mass is 650 g/mol. The molecule has 1 aromatic carbocycles. The molecule has 248 valence electrons. The first-order valence-electron chi connectivity index (χ1n) is 15.0. The summed E-state index contributed by atoms with van der Waals surface area (Å²) in [7, 11) is 1.33. The van der Waals surface area contributed by atoms with Gasteiger partial charge >= 0.3 is 6.18 Å². The van der Waals surface area contributed by atoms with Crippen LogP contribution in [0, 0.1) is 5.92 Å². The number of carbonyl (C=O) groups excluding carboxylic acids is 3. The van der Waals surface area contributed by atoms with E-state index in [9.17, 15) is 36.3 Å². The molecule has 5 rings (SSSR count). The van der Waals surface area contributed by atoms with Gasteiger partial charge in [0.05, 0.1) is 17.5 Å². The maximum absolute atomic E-state index is 13.7. The Morgan fingerprint density at radius 3 is 2.37 bits per heavy atom. The molecule has 2 fully saturated rings. The zero-order chi connectivity index (χ0) is 33.2. The van der Waals surface area contributed by atoms with Crippen molar-refractivity contribution in [2.24, 2.45) is 13.0 Å². The van der Waals surface area contributed by atoms with Crippen LogP contribution in [0.2, 0.25) is 0 Å². The largest absolute Gasteiger partial charge is 0.435 e. The summed E-state index contributed by atoms with van der Waals surface area (Å²) in [6.07, 6.45) is -3.83. The Morgan fingerprint density at radius 2 is 1.74 bits per heavy atom. The summed E-state index contributed by atoms with van der Waals surface area (Å²) in [5.41, 5.74) is -0.497. The van der Waals surface area contributed by atoms with Gasteiger partial charge in [0.25, 0.3) is 18.2 Å². The third-order valence-electron chi connectivity index (χ3n) is 8.36. The molecule has 2 saturated heterocycles. The zero-order valence-electron chi connectivity index (χ0n) is 25.4. The molecule has 2 aliphatic heterocycles. The highest BCUT2D eigenvalue weighted by Crippen LogP contribution is 2.36. The molecule has 3 amide bonds. The van der Waals surface area contributed by atoms with Crippen LogP contribution in [0.15, 0.2) is 30.6 Å². The molecule has 0 bridgehead atoms. The van der Waals surface area contributed by atoms with Crippen molar-refractivity contribution in [1.29, 1.82) is 0 Å². The highest BCUT2D eigenvalue weighted by molar-refractivity contribution is 6.03. The summed E-state index contributed by atoms with van der Waals surface area (Å²) >= 11 is 0. The highest BCUT2D eigenvalue weighted by Gasteiger charge is 2.39. The molecule has 3 aromatic rings. The third kappa shape index (κ3) is 7.06. The van der Waals surface area contributed by atoms with Gasteiger partial charge in [0.1, 0.15) is 6.54 Å². The number of imidazole rings is 1. The standard InChI is InChI=1S/C30H35F5N8O3/c1-3-18-14-20(4-5-21(18)29(46)42-12-10-41(11-13-42)28(45)19-6-8-36-9-7-19)38-27(44)26-37-15-23(40(26)2)22-16-43(17-24(31)32)39-25(22)30(33,34)35/h4-5,14-16,19,24,36H,3,6-13,17H2,1-2H3,(H,38,44). The lowest BCUT2D eigenvalue weighted by Gasteiger charge is -2.37. The lowest BCUT2D eigenvalue weighted by atomic mass is 9.96. The van der Waals surface area contributed by atoms with Crippen LogP contribution in [0.1, 0.15) is 52.0 Å². The molecule has 16 heteroatoms.